The van der Waals surface area contributed by atoms with E-state index in [1.807, 2.05) is 6.92 Å². The van der Waals surface area contributed by atoms with Crippen LogP contribution in [0, 0.1) is 41.2 Å². The summed E-state index contributed by atoms with van der Waals surface area (Å²) in [4.78, 5) is 0. The summed E-state index contributed by atoms with van der Waals surface area (Å²) in [5.74, 6) is 4.27. The number of rotatable bonds is 5. The smallest absolute Gasteiger partial charge is 0.129 e. The van der Waals surface area contributed by atoms with Crippen molar-refractivity contribution in [2.75, 3.05) is 0 Å². The van der Waals surface area contributed by atoms with Crippen molar-refractivity contribution in [1.82, 2.24) is 0 Å². The van der Waals surface area contributed by atoms with Gasteiger partial charge in [-0.2, -0.15) is 0 Å². The molecule has 0 saturated heterocycles. The van der Waals surface area contributed by atoms with Crippen LogP contribution in [0.2, 0.25) is 0 Å². The Morgan fingerprint density at radius 3 is 1.90 bits per heavy atom. The molecule has 0 nitrogen and oxygen atoms in total. The molecule has 0 bridgehead atoms. The van der Waals surface area contributed by atoms with Crippen LogP contribution in [0.5, 0.6) is 0 Å². The lowest BCUT2D eigenvalue weighted by molar-refractivity contribution is 0.0716. The molecule has 0 aromatic heterocycles. The van der Waals surface area contributed by atoms with Crippen molar-refractivity contribution in [2.45, 2.75) is 103 Å². The highest BCUT2D eigenvalue weighted by Crippen LogP contribution is 2.51. The molecule has 1 aromatic rings. The average molecular weight is 403 g/mol. The van der Waals surface area contributed by atoms with Gasteiger partial charge in [0.05, 0.1) is 0 Å². The van der Waals surface area contributed by atoms with E-state index in [0.29, 0.717) is 12.3 Å². The monoisotopic (exact) mass is 402 g/mol. The van der Waals surface area contributed by atoms with E-state index in [1.54, 1.807) is 12.1 Å². The van der Waals surface area contributed by atoms with Crippen LogP contribution in [0.3, 0.4) is 0 Å². The first-order valence-corrected chi connectivity index (χ1v) is 12.6. The lowest BCUT2D eigenvalue weighted by Crippen LogP contribution is -2.34. The number of hydrogen-bond donors (Lipinski definition) is 0. The molecule has 0 N–H and O–H groups in total. The van der Waals surface area contributed by atoms with Gasteiger partial charge in [0.1, 0.15) is 11.6 Å². The number of halogens is 2. The quantitative estimate of drug-likeness (QED) is 0.463. The molecule has 0 spiro atoms. The summed E-state index contributed by atoms with van der Waals surface area (Å²) < 4.78 is 28.9. The third-order valence-corrected chi connectivity index (χ3v) is 8.92. The van der Waals surface area contributed by atoms with Crippen molar-refractivity contribution in [3.05, 3.63) is 34.9 Å². The van der Waals surface area contributed by atoms with Crippen molar-refractivity contribution < 1.29 is 8.78 Å². The highest BCUT2D eigenvalue weighted by molar-refractivity contribution is 5.29. The predicted molar refractivity (Wildman–Crippen MR) is 117 cm³/mol. The Labute approximate surface area is 176 Å². The van der Waals surface area contributed by atoms with E-state index in [9.17, 15) is 8.78 Å². The molecule has 29 heavy (non-hydrogen) atoms. The van der Waals surface area contributed by atoms with Crippen LogP contribution in [0.4, 0.5) is 8.78 Å². The number of hydrogen-bond acceptors (Lipinski definition) is 0. The fourth-order valence-electron chi connectivity index (χ4n) is 7.07. The summed E-state index contributed by atoms with van der Waals surface area (Å²) in [6, 6.07) is 3.30. The summed E-state index contributed by atoms with van der Waals surface area (Å²) in [7, 11) is 0. The second-order valence-electron chi connectivity index (χ2n) is 10.5. The Morgan fingerprint density at radius 2 is 1.28 bits per heavy atom. The third kappa shape index (κ3) is 4.72. The molecule has 3 fully saturated rings. The van der Waals surface area contributed by atoms with Crippen LogP contribution in [-0.4, -0.2) is 0 Å². The van der Waals surface area contributed by atoms with E-state index in [-0.39, 0.29) is 17.2 Å². The average Bonchev–Trinajstić information content (AvgIpc) is 2.75. The lowest BCUT2D eigenvalue weighted by Gasteiger charge is -2.45. The van der Waals surface area contributed by atoms with E-state index >= 15 is 0 Å². The third-order valence-electron chi connectivity index (χ3n) is 8.92. The van der Waals surface area contributed by atoms with Gasteiger partial charge in [0.2, 0.25) is 0 Å². The van der Waals surface area contributed by atoms with Crippen LogP contribution in [-0.2, 0) is 6.42 Å². The lowest BCUT2D eigenvalue weighted by atomic mass is 9.60. The first kappa shape index (κ1) is 21.3. The first-order valence-electron chi connectivity index (χ1n) is 12.6. The van der Waals surface area contributed by atoms with Crippen LogP contribution < -0.4 is 0 Å². The van der Waals surface area contributed by atoms with Gasteiger partial charge in [-0.1, -0.05) is 39.5 Å². The highest BCUT2D eigenvalue weighted by Gasteiger charge is 2.39. The summed E-state index contributed by atoms with van der Waals surface area (Å²) in [6.07, 6.45) is 16.2. The van der Waals surface area contributed by atoms with Crippen molar-refractivity contribution in [2.24, 2.45) is 29.6 Å². The van der Waals surface area contributed by atoms with Gasteiger partial charge in [0.25, 0.3) is 0 Å². The molecule has 0 radical (unpaired) electrons. The Hall–Kier alpha value is -0.920. The second kappa shape index (κ2) is 9.48. The van der Waals surface area contributed by atoms with Gasteiger partial charge in [-0.25, -0.2) is 8.78 Å². The maximum absolute atomic E-state index is 14.5. The van der Waals surface area contributed by atoms with Crippen LogP contribution in [0.15, 0.2) is 12.1 Å². The van der Waals surface area contributed by atoms with Crippen molar-refractivity contribution in [3.63, 3.8) is 0 Å². The molecule has 4 atom stereocenters. The Balaban J connectivity index is 1.35. The Bertz CT molecular complexity index is 650. The molecule has 2 heteroatoms. The van der Waals surface area contributed by atoms with E-state index in [2.05, 4.69) is 6.92 Å². The summed E-state index contributed by atoms with van der Waals surface area (Å²) >= 11 is 0. The molecular formula is C27H40F2. The molecule has 162 valence electrons. The topological polar surface area (TPSA) is 0 Å². The van der Waals surface area contributed by atoms with Crippen molar-refractivity contribution in [3.8, 4) is 0 Å². The minimum atomic E-state index is -0.324. The molecule has 4 unspecified atom stereocenters. The molecule has 3 saturated carbocycles. The SMILES string of the molecule is CCCc1c(F)cc(C2CCC3CC(C4CCC(CC)CC4)CCC3C2)cc1F. The molecule has 0 amide bonds. The molecule has 3 aliphatic rings. The van der Waals surface area contributed by atoms with Crippen LogP contribution in [0.25, 0.3) is 0 Å². The summed E-state index contributed by atoms with van der Waals surface area (Å²) in [6.45, 7) is 4.32. The molecule has 3 aliphatic carbocycles. The van der Waals surface area contributed by atoms with Gasteiger partial charge in [0.15, 0.2) is 0 Å². The molecule has 4 rings (SSSR count). The summed E-state index contributed by atoms with van der Waals surface area (Å²) in [5, 5.41) is 0. The van der Waals surface area contributed by atoms with Gasteiger partial charge in [-0.3, -0.25) is 0 Å². The van der Waals surface area contributed by atoms with Crippen LogP contribution in [0.1, 0.15) is 108 Å². The van der Waals surface area contributed by atoms with E-state index < -0.39 is 0 Å². The van der Waals surface area contributed by atoms with Crippen molar-refractivity contribution in [1.29, 1.82) is 0 Å². The summed E-state index contributed by atoms with van der Waals surface area (Å²) in [5.41, 5.74) is 1.20. The largest absolute Gasteiger partial charge is 0.207 e. The minimum Gasteiger partial charge on any atom is -0.207 e. The zero-order valence-electron chi connectivity index (χ0n) is 18.6. The van der Waals surface area contributed by atoms with Gasteiger partial charge >= 0.3 is 0 Å². The van der Waals surface area contributed by atoms with Gasteiger partial charge in [0, 0.05) is 5.56 Å². The van der Waals surface area contributed by atoms with Crippen LogP contribution >= 0.6 is 0 Å². The van der Waals surface area contributed by atoms with Gasteiger partial charge in [-0.15, -0.1) is 0 Å². The zero-order valence-corrected chi connectivity index (χ0v) is 18.6. The maximum Gasteiger partial charge on any atom is 0.129 e. The van der Waals surface area contributed by atoms with Gasteiger partial charge in [-0.05, 0) is 111 Å². The number of benzene rings is 1. The normalized spacial score (nSPS) is 35.3. The minimum absolute atomic E-state index is 0.281. The van der Waals surface area contributed by atoms with E-state index in [4.69, 9.17) is 0 Å². The van der Waals surface area contributed by atoms with Crippen molar-refractivity contribution >= 4 is 0 Å². The highest BCUT2D eigenvalue weighted by atomic mass is 19.1. The maximum atomic E-state index is 14.5. The predicted octanol–water partition coefficient (Wildman–Crippen LogP) is 8.43. The van der Waals surface area contributed by atoms with E-state index in [1.165, 1.54) is 57.8 Å². The Kier molecular flexibility index (Phi) is 6.97. The fraction of sp³-hybridized carbons (Fsp3) is 0.778. The Morgan fingerprint density at radius 1 is 0.724 bits per heavy atom. The molecular weight excluding hydrogens is 362 g/mol. The molecule has 1 aromatic carbocycles. The zero-order chi connectivity index (χ0) is 20.4. The van der Waals surface area contributed by atoms with E-state index in [0.717, 1.165) is 54.4 Å². The second-order valence-corrected chi connectivity index (χ2v) is 10.5. The van der Waals surface area contributed by atoms with Gasteiger partial charge < -0.3 is 0 Å². The standard InChI is InChI=1S/C27H40F2/c1-3-5-25-26(28)16-24(17-27(25)29)23-13-12-21-14-20(10-11-22(21)15-23)19-8-6-18(4-2)7-9-19/h16-23H,3-15H2,1-2H3. The first-order chi connectivity index (χ1) is 14.1. The molecule has 0 aliphatic heterocycles. The number of fused-ring (bicyclic) bond motifs is 1. The molecule has 0 heterocycles. The fourth-order valence-corrected chi connectivity index (χ4v) is 7.07.